The lowest BCUT2D eigenvalue weighted by atomic mass is 9.77. The summed E-state index contributed by atoms with van der Waals surface area (Å²) in [6, 6.07) is 31.9. The molecule has 3 aromatic carbocycles. The molecule has 0 spiro atoms. The van der Waals surface area contributed by atoms with Crippen LogP contribution in [0.2, 0.25) is 0 Å². The van der Waals surface area contributed by atoms with Crippen molar-refractivity contribution in [2.45, 2.75) is 31.2 Å². The van der Waals surface area contributed by atoms with Crippen molar-refractivity contribution in [1.29, 1.82) is 0 Å². The largest absolute Gasteiger partial charge is 0.336 e. The molecule has 0 unspecified atom stereocenters. The van der Waals surface area contributed by atoms with Crippen molar-refractivity contribution in [3.8, 4) is 0 Å². The third-order valence-corrected chi connectivity index (χ3v) is 6.46. The van der Waals surface area contributed by atoms with Crippen molar-refractivity contribution in [2.75, 3.05) is 20.2 Å². The van der Waals surface area contributed by atoms with E-state index in [0.29, 0.717) is 6.54 Å². The third kappa shape index (κ3) is 6.23. The minimum absolute atomic E-state index is 0.430. The minimum atomic E-state index is -2.19. The van der Waals surface area contributed by atoms with Crippen molar-refractivity contribution in [1.82, 2.24) is 10.2 Å². The monoisotopic (exact) mass is 452 g/mol. The van der Waals surface area contributed by atoms with Crippen LogP contribution in [-0.2, 0) is 10.4 Å². The molecule has 0 radical (unpaired) electrons. The van der Waals surface area contributed by atoms with Gasteiger partial charge < -0.3 is 9.79 Å². The van der Waals surface area contributed by atoms with Gasteiger partial charge in [-0.1, -0.05) is 104 Å². The summed E-state index contributed by atoms with van der Waals surface area (Å²) in [5, 5.41) is 3.90. The molecule has 0 fully saturated rings. The summed E-state index contributed by atoms with van der Waals surface area (Å²) in [6.07, 6.45) is 3.93. The van der Waals surface area contributed by atoms with E-state index in [2.05, 4.69) is 96.3 Å². The summed E-state index contributed by atoms with van der Waals surface area (Å²) in [5.74, 6) is 0. The Balaban J connectivity index is 1.73. The average molecular weight is 453 g/mol. The molecule has 0 aliphatic heterocycles. The van der Waals surface area contributed by atoms with Crippen molar-refractivity contribution < 1.29 is 14.6 Å². The fraction of sp³-hybridized carbons (Fsp3) is 0.308. The molecule has 3 rings (SSSR count). The molecule has 0 atom stereocenters. The molecule has 0 bridgehead atoms. The lowest BCUT2D eigenvalue weighted by molar-refractivity contribution is -0.0619. The summed E-state index contributed by atoms with van der Waals surface area (Å²) in [4.78, 5) is 24.8. The van der Waals surface area contributed by atoms with Gasteiger partial charge in [-0.05, 0) is 36.1 Å². The first-order chi connectivity index (χ1) is 15.7. The van der Waals surface area contributed by atoms with Crippen LogP contribution in [0.5, 0.6) is 0 Å². The predicted molar refractivity (Wildman–Crippen MR) is 131 cm³/mol. The lowest BCUT2D eigenvalue weighted by Gasteiger charge is -2.37. The van der Waals surface area contributed by atoms with E-state index in [1.54, 1.807) is 0 Å². The van der Waals surface area contributed by atoms with Crippen LogP contribution < -0.4 is 5.32 Å². The zero-order chi connectivity index (χ0) is 22.7. The van der Waals surface area contributed by atoms with Gasteiger partial charge in [0, 0.05) is 6.54 Å². The Hall–Kier alpha value is -2.11. The summed E-state index contributed by atoms with van der Waals surface area (Å²) in [5.41, 5.74) is 3.22. The fourth-order valence-electron chi connectivity index (χ4n) is 4.13. The van der Waals surface area contributed by atoms with Gasteiger partial charge in [0.25, 0.3) is 8.53 Å². The molecule has 0 aliphatic carbocycles. The van der Waals surface area contributed by atoms with Crippen LogP contribution in [0.1, 0.15) is 42.4 Å². The Morgan fingerprint density at radius 2 is 1.16 bits per heavy atom. The number of hydrogen-bond acceptors (Lipinski definition) is 5. The molecule has 170 valence electrons. The molecule has 5 nitrogen and oxygen atoms in total. The van der Waals surface area contributed by atoms with E-state index in [1.165, 1.54) is 28.6 Å². The molecule has 0 heterocycles. The molecule has 3 aromatic rings. The summed E-state index contributed by atoms with van der Waals surface area (Å²) < 4.78 is 0. The van der Waals surface area contributed by atoms with Crippen LogP contribution in [-0.4, -0.2) is 34.8 Å². The van der Waals surface area contributed by atoms with Crippen LogP contribution in [0.4, 0.5) is 0 Å². The highest BCUT2D eigenvalue weighted by Crippen LogP contribution is 2.36. The number of unbranched alkanes of at least 4 members (excludes halogenated alkanes) is 3. The van der Waals surface area contributed by atoms with Gasteiger partial charge in [0.1, 0.15) is 0 Å². The van der Waals surface area contributed by atoms with E-state index in [-0.39, 0.29) is 0 Å². The zero-order valence-electron chi connectivity index (χ0n) is 18.6. The van der Waals surface area contributed by atoms with Crippen molar-refractivity contribution in [3.63, 3.8) is 0 Å². The van der Waals surface area contributed by atoms with Crippen LogP contribution in [0.3, 0.4) is 0 Å². The van der Waals surface area contributed by atoms with Crippen molar-refractivity contribution >= 4 is 8.53 Å². The first kappa shape index (κ1) is 24.5. The normalized spacial score (nSPS) is 11.9. The molecule has 6 heteroatoms. The van der Waals surface area contributed by atoms with Gasteiger partial charge in [-0.25, -0.2) is 0 Å². The zero-order valence-corrected chi connectivity index (χ0v) is 19.5. The van der Waals surface area contributed by atoms with Gasteiger partial charge in [0.05, 0.1) is 12.6 Å². The summed E-state index contributed by atoms with van der Waals surface area (Å²) in [7, 11) is -0.725. The topological polar surface area (TPSA) is 65.0 Å². The lowest BCUT2D eigenvalue weighted by Crippen LogP contribution is -2.45. The molecule has 0 amide bonds. The Labute approximate surface area is 192 Å². The predicted octanol–water partition coefficient (Wildman–Crippen LogP) is 5.20. The maximum absolute atomic E-state index is 9.28. The summed E-state index contributed by atoms with van der Waals surface area (Å²) in [6.45, 7) is 1.38. The standard InChI is InChI=1S/C26H33N2O3P/c1-31-28(32(29)30)22-14-3-2-13-21-27-26(23-15-7-4-8-16-23,24-17-9-5-10-18-24)25-19-11-6-12-20-25/h4-12,15-20,27,29-30H,2-3,13-14,21-22H2,1H3. The van der Waals surface area contributed by atoms with E-state index < -0.39 is 14.1 Å². The van der Waals surface area contributed by atoms with Crippen LogP contribution in [0.25, 0.3) is 0 Å². The van der Waals surface area contributed by atoms with Gasteiger partial charge in [-0.15, -0.1) is 4.83 Å². The first-order valence-electron chi connectivity index (χ1n) is 11.1. The van der Waals surface area contributed by atoms with E-state index in [1.807, 2.05) is 0 Å². The molecular weight excluding hydrogens is 419 g/mol. The fourth-order valence-corrected chi connectivity index (χ4v) is 4.59. The first-order valence-corrected chi connectivity index (χ1v) is 12.3. The number of hydrogen-bond donors (Lipinski definition) is 3. The Kier molecular flexibility index (Phi) is 9.82. The molecule has 3 N–H and O–H groups in total. The van der Waals surface area contributed by atoms with Gasteiger partial charge in [-0.2, -0.15) is 0 Å². The number of rotatable bonds is 13. The molecule has 32 heavy (non-hydrogen) atoms. The SMILES string of the molecule is CON(CCCCCCNC(c1ccccc1)(c1ccccc1)c1ccccc1)P(O)O. The van der Waals surface area contributed by atoms with E-state index >= 15 is 0 Å². The third-order valence-electron chi connectivity index (χ3n) is 5.70. The second-order valence-corrected chi connectivity index (χ2v) is 8.70. The highest BCUT2D eigenvalue weighted by molar-refractivity contribution is 7.42. The Morgan fingerprint density at radius 1 is 0.719 bits per heavy atom. The second kappa shape index (κ2) is 12.8. The molecule has 0 aliphatic rings. The average Bonchev–Trinajstić information content (AvgIpc) is 2.85. The Morgan fingerprint density at radius 3 is 1.56 bits per heavy atom. The van der Waals surface area contributed by atoms with Gasteiger partial charge in [0.15, 0.2) is 0 Å². The van der Waals surface area contributed by atoms with E-state index in [4.69, 9.17) is 4.84 Å². The molecule has 0 aromatic heterocycles. The number of benzene rings is 3. The van der Waals surface area contributed by atoms with E-state index in [0.717, 1.165) is 32.2 Å². The molecule has 0 saturated heterocycles. The van der Waals surface area contributed by atoms with Crippen LogP contribution >= 0.6 is 8.53 Å². The second-order valence-electron chi connectivity index (χ2n) is 7.72. The highest BCUT2D eigenvalue weighted by Gasteiger charge is 2.35. The van der Waals surface area contributed by atoms with Gasteiger partial charge in [-0.3, -0.25) is 10.2 Å². The highest BCUT2D eigenvalue weighted by atomic mass is 31.2. The van der Waals surface area contributed by atoms with Crippen molar-refractivity contribution in [2.24, 2.45) is 0 Å². The number of hydroxylamine groups is 1. The number of nitrogens with zero attached hydrogens (tertiary/aromatic N) is 1. The maximum Gasteiger partial charge on any atom is 0.278 e. The molecule has 0 saturated carbocycles. The maximum atomic E-state index is 9.28. The Bertz CT molecular complexity index is 798. The van der Waals surface area contributed by atoms with Crippen LogP contribution in [0.15, 0.2) is 91.0 Å². The summed E-state index contributed by atoms with van der Waals surface area (Å²) >= 11 is 0. The van der Waals surface area contributed by atoms with Gasteiger partial charge in [0.2, 0.25) is 0 Å². The van der Waals surface area contributed by atoms with Crippen molar-refractivity contribution in [3.05, 3.63) is 108 Å². The van der Waals surface area contributed by atoms with E-state index in [9.17, 15) is 9.79 Å². The quantitative estimate of drug-likeness (QED) is 0.144. The minimum Gasteiger partial charge on any atom is -0.336 e. The smallest absolute Gasteiger partial charge is 0.278 e. The van der Waals surface area contributed by atoms with Gasteiger partial charge >= 0.3 is 0 Å². The molecular formula is C26H33N2O3P. The van der Waals surface area contributed by atoms with Crippen LogP contribution in [0, 0.1) is 0 Å². The number of nitrogens with one attached hydrogen (secondary N) is 1.